The van der Waals surface area contributed by atoms with Crippen LogP contribution in [0.4, 0.5) is 34.1 Å². The highest BCUT2D eigenvalue weighted by Gasteiger charge is 2.24. The van der Waals surface area contributed by atoms with E-state index in [4.69, 9.17) is 9.97 Å². The molecule has 0 amide bonds. The van der Waals surface area contributed by atoms with Crippen LogP contribution in [0.3, 0.4) is 0 Å². The predicted octanol–water partition coefficient (Wildman–Crippen LogP) is 23.8. The molecule has 458 valence electrons. The summed E-state index contributed by atoms with van der Waals surface area (Å²) >= 11 is 0. The Kier molecular flexibility index (Phi) is 12.5. The van der Waals surface area contributed by atoms with Gasteiger partial charge in [-0.25, -0.2) is 9.97 Å². The van der Waals surface area contributed by atoms with Crippen LogP contribution in [0.2, 0.25) is 0 Å². The van der Waals surface area contributed by atoms with Gasteiger partial charge in [0.15, 0.2) is 0 Å². The molecule has 0 saturated heterocycles. The highest BCUT2D eigenvalue weighted by atomic mass is 15.2. The van der Waals surface area contributed by atoms with Crippen molar-refractivity contribution in [2.45, 2.75) is 0 Å². The van der Waals surface area contributed by atoms with Gasteiger partial charge in [0, 0.05) is 112 Å². The number of aromatic nitrogens is 6. The zero-order valence-electron chi connectivity index (χ0n) is 53.1. The molecular weight excluding hydrogens is 1190 g/mol. The average Bonchev–Trinajstić information content (AvgIpc) is 1.56. The largest absolute Gasteiger partial charge is 0.310 e. The zero-order valence-corrected chi connectivity index (χ0v) is 53.1. The molecular formula is C90H58N8. The summed E-state index contributed by atoms with van der Waals surface area (Å²) in [7, 11) is 0. The van der Waals surface area contributed by atoms with Crippen molar-refractivity contribution in [1.29, 1.82) is 0 Å². The summed E-state index contributed by atoms with van der Waals surface area (Å²) in [6.45, 7) is 0. The summed E-state index contributed by atoms with van der Waals surface area (Å²) in [4.78, 5) is 14.7. The van der Waals surface area contributed by atoms with Gasteiger partial charge in [0.2, 0.25) is 0 Å². The maximum atomic E-state index is 4.99. The first-order valence-electron chi connectivity index (χ1n) is 33.4. The Morgan fingerprint density at radius 3 is 0.929 bits per heavy atom. The molecule has 0 bridgehead atoms. The molecule has 20 aromatic rings. The summed E-state index contributed by atoms with van der Waals surface area (Å²) in [5, 5.41) is 13.9. The van der Waals surface area contributed by atoms with Crippen molar-refractivity contribution in [3.63, 3.8) is 0 Å². The average molecular weight is 1250 g/mol. The van der Waals surface area contributed by atoms with Gasteiger partial charge < -0.3 is 18.9 Å². The van der Waals surface area contributed by atoms with Gasteiger partial charge in [-0.05, 0) is 215 Å². The lowest BCUT2D eigenvalue weighted by molar-refractivity contribution is 1.13. The first-order chi connectivity index (χ1) is 48.6. The van der Waals surface area contributed by atoms with Crippen LogP contribution >= 0.6 is 0 Å². The number of fused-ring (bicyclic) bond motifs is 14. The van der Waals surface area contributed by atoms with E-state index in [1.807, 2.05) is 24.5 Å². The Morgan fingerprint density at radius 2 is 0.520 bits per heavy atom. The molecule has 14 aromatic carbocycles. The Balaban J connectivity index is 0.729. The quantitative estimate of drug-likeness (QED) is 0.129. The van der Waals surface area contributed by atoms with Gasteiger partial charge in [-0.15, -0.1) is 0 Å². The van der Waals surface area contributed by atoms with Crippen LogP contribution in [0.1, 0.15) is 0 Å². The van der Waals surface area contributed by atoms with E-state index in [1.54, 1.807) is 0 Å². The molecule has 0 unspecified atom stereocenters. The summed E-state index contributed by atoms with van der Waals surface area (Å²) < 4.78 is 9.53. The molecule has 0 N–H and O–H groups in total. The molecule has 98 heavy (non-hydrogen) atoms. The third-order valence-corrected chi connectivity index (χ3v) is 20.0. The lowest BCUT2D eigenvalue weighted by atomic mass is 9.93. The number of anilines is 6. The van der Waals surface area contributed by atoms with Gasteiger partial charge in [-0.2, -0.15) is 0 Å². The second-order valence-corrected chi connectivity index (χ2v) is 25.4. The lowest BCUT2D eigenvalue weighted by Gasteiger charge is -2.25. The Morgan fingerprint density at radius 1 is 0.194 bits per heavy atom. The van der Waals surface area contributed by atoms with Gasteiger partial charge in [0.1, 0.15) is 11.3 Å². The van der Waals surface area contributed by atoms with Crippen molar-refractivity contribution >= 4 is 143 Å². The highest BCUT2D eigenvalue weighted by molar-refractivity contribution is 6.16. The van der Waals surface area contributed by atoms with Crippen molar-refractivity contribution in [2.75, 3.05) is 9.80 Å². The van der Waals surface area contributed by atoms with E-state index in [0.717, 1.165) is 144 Å². The van der Waals surface area contributed by atoms with E-state index in [9.17, 15) is 0 Å². The number of rotatable bonds is 11. The van der Waals surface area contributed by atoms with Crippen LogP contribution in [0.5, 0.6) is 0 Å². The maximum absolute atomic E-state index is 4.99. The molecule has 0 aliphatic carbocycles. The smallest absolute Gasteiger partial charge is 0.145 e. The van der Waals surface area contributed by atoms with Crippen LogP contribution in [0.25, 0.3) is 143 Å². The van der Waals surface area contributed by atoms with E-state index < -0.39 is 0 Å². The number of nitrogens with zero attached hydrogens (tertiary/aromatic N) is 8. The van der Waals surface area contributed by atoms with Crippen LogP contribution in [0.15, 0.2) is 352 Å². The molecule has 0 saturated carbocycles. The monoisotopic (exact) mass is 1250 g/mol. The Hall–Kier alpha value is -13.3. The lowest BCUT2D eigenvalue weighted by Crippen LogP contribution is -2.09. The van der Waals surface area contributed by atoms with Gasteiger partial charge >= 0.3 is 0 Å². The van der Waals surface area contributed by atoms with Crippen molar-refractivity contribution in [1.82, 2.24) is 28.2 Å². The zero-order chi connectivity index (χ0) is 64.4. The summed E-state index contributed by atoms with van der Waals surface area (Å²) in [5.41, 5.74) is 21.8. The summed E-state index contributed by atoms with van der Waals surface area (Å²) in [6, 6.07) is 124. The van der Waals surface area contributed by atoms with Crippen molar-refractivity contribution in [3.05, 3.63) is 352 Å². The van der Waals surface area contributed by atoms with E-state index >= 15 is 0 Å². The SMILES string of the molecule is c1ccc(N(c2ccccc2)c2ccc3c(c2)c2cc(-n4c5ccccc5c5cccnc54)ccc2n3-c2ccc3c(-c4cccc5cc(-n6c7ccc(N(c8ccccc8)c8ccccc8)cc7c7cc(-n8c9ccccc9c9cccnc98)ccc76)ccc45)cccc3c2)cc1. The molecule has 0 spiro atoms. The minimum atomic E-state index is 0.936. The van der Waals surface area contributed by atoms with E-state index in [1.165, 1.54) is 32.7 Å². The molecule has 0 aliphatic heterocycles. The van der Waals surface area contributed by atoms with Gasteiger partial charge in [0.25, 0.3) is 0 Å². The normalized spacial score (nSPS) is 11.9. The number of hydrogen-bond donors (Lipinski definition) is 0. The van der Waals surface area contributed by atoms with E-state index in [-0.39, 0.29) is 0 Å². The van der Waals surface area contributed by atoms with Crippen molar-refractivity contribution in [3.8, 4) is 33.9 Å². The summed E-state index contributed by atoms with van der Waals surface area (Å²) in [6.07, 6.45) is 3.79. The fraction of sp³-hybridized carbons (Fsp3) is 0. The molecule has 6 heterocycles. The number of para-hydroxylation sites is 6. The maximum Gasteiger partial charge on any atom is 0.145 e. The predicted molar refractivity (Wildman–Crippen MR) is 409 cm³/mol. The highest BCUT2D eigenvalue weighted by Crippen LogP contribution is 2.46. The first-order valence-corrected chi connectivity index (χ1v) is 33.4. The topological polar surface area (TPSA) is 52.0 Å². The fourth-order valence-corrected chi connectivity index (χ4v) is 15.7. The van der Waals surface area contributed by atoms with E-state index in [0.29, 0.717) is 0 Å². The number of pyridine rings is 2. The second-order valence-electron chi connectivity index (χ2n) is 25.4. The minimum absolute atomic E-state index is 0.936. The van der Waals surface area contributed by atoms with Crippen LogP contribution in [-0.4, -0.2) is 28.2 Å². The third kappa shape index (κ3) is 8.64. The molecule has 0 aliphatic rings. The number of hydrogen-bond acceptors (Lipinski definition) is 4. The molecule has 8 heteroatoms. The molecule has 0 atom stereocenters. The second kappa shape index (κ2) is 22.2. The van der Waals surface area contributed by atoms with Crippen LogP contribution < -0.4 is 9.80 Å². The van der Waals surface area contributed by atoms with Crippen LogP contribution in [0, 0.1) is 0 Å². The minimum Gasteiger partial charge on any atom is -0.310 e. The van der Waals surface area contributed by atoms with Crippen LogP contribution in [-0.2, 0) is 0 Å². The van der Waals surface area contributed by atoms with Gasteiger partial charge in [0.05, 0.1) is 33.1 Å². The molecule has 20 rings (SSSR count). The number of benzene rings is 14. The first kappa shape index (κ1) is 55.2. The molecule has 6 aromatic heterocycles. The third-order valence-electron chi connectivity index (χ3n) is 20.0. The van der Waals surface area contributed by atoms with Gasteiger partial charge in [-0.1, -0.05) is 158 Å². The summed E-state index contributed by atoms with van der Waals surface area (Å²) in [5.74, 6) is 0. The fourth-order valence-electron chi connectivity index (χ4n) is 15.7. The van der Waals surface area contributed by atoms with E-state index in [2.05, 4.69) is 356 Å². The Bertz CT molecular complexity index is 5980. The molecule has 0 radical (unpaired) electrons. The molecule has 8 nitrogen and oxygen atoms in total. The standard InChI is InChI=1S/C90H58N8/c1-5-23-61(24-6-1)93(62-25-7-2-8-26-62)67-41-47-85-79(55-67)81-57-69(97-83-37-15-13-31-75(83)77-35-19-51-91-89(77)97)43-49-87(81)95(85)65-39-45-71-59(53-65)21-17-33-73(71)74-34-18-22-60-54-66(40-46-72(60)74)96-86-48-42-68(94(63-27-9-3-10-28-63)64-29-11-4-12-30-64)56-80(86)82-58-70(44-50-88(82)96)98-84-38-16-14-32-76(84)78-36-20-52-92-90(78)98/h1-58H. The van der Waals surface area contributed by atoms with Gasteiger partial charge in [-0.3, -0.25) is 9.13 Å². The molecule has 0 fully saturated rings. The van der Waals surface area contributed by atoms with Crippen molar-refractivity contribution in [2.24, 2.45) is 0 Å². The Labute approximate surface area is 563 Å². The van der Waals surface area contributed by atoms with Crippen molar-refractivity contribution < 1.29 is 0 Å².